The van der Waals surface area contributed by atoms with Crippen molar-refractivity contribution in [2.75, 3.05) is 26.9 Å². The second-order valence-corrected chi connectivity index (χ2v) is 4.16. The molecule has 110 valence electrons. The van der Waals surface area contributed by atoms with Crippen molar-refractivity contribution in [2.45, 2.75) is 6.92 Å². The van der Waals surface area contributed by atoms with Crippen LogP contribution in [0.25, 0.3) is 6.08 Å². The smallest absolute Gasteiger partial charge is 0.328 e. The Kier molecular flexibility index (Phi) is 6.90. The van der Waals surface area contributed by atoms with Crippen molar-refractivity contribution in [1.29, 1.82) is 0 Å². The van der Waals surface area contributed by atoms with Crippen molar-refractivity contribution in [3.05, 3.63) is 28.8 Å². The van der Waals surface area contributed by atoms with E-state index in [1.165, 1.54) is 13.2 Å². The van der Waals surface area contributed by atoms with Gasteiger partial charge >= 0.3 is 5.97 Å². The van der Waals surface area contributed by atoms with Crippen molar-refractivity contribution in [2.24, 2.45) is 0 Å². The minimum absolute atomic E-state index is 0.353. The molecule has 0 aliphatic rings. The molecule has 1 aromatic rings. The van der Waals surface area contributed by atoms with E-state index < -0.39 is 5.97 Å². The summed E-state index contributed by atoms with van der Waals surface area (Å²) in [6.07, 6.45) is 2.46. The molecule has 0 amide bonds. The van der Waals surface area contributed by atoms with Crippen LogP contribution in [-0.4, -0.2) is 38.0 Å². The van der Waals surface area contributed by atoms with Crippen LogP contribution in [0.15, 0.2) is 18.2 Å². The number of hydrogen-bond donors (Lipinski definition) is 1. The maximum absolute atomic E-state index is 10.5. The van der Waals surface area contributed by atoms with Crippen molar-refractivity contribution in [1.82, 2.24) is 0 Å². The monoisotopic (exact) mass is 300 g/mol. The minimum atomic E-state index is -1.03. The van der Waals surface area contributed by atoms with Crippen LogP contribution in [0.5, 0.6) is 11.5 Å². The number of carbonyl (C=O) groups is 1. The highest BCUT2D eigenvalue weighted by Crippen LogP contribution is 2.36. The zero-order chi connectivity index (χ0) is 15.0. The molecule has 20 heavy (non-hydrogen) atoms. The van der Waals surface area contributed by atoms with Crippen LogP contribution in [0.1, 0.15) is 12.5 Å². The number of ether oxygens (including phenoxy) is 3. The lowest BCUT2D eigenvalue weighted by Crippen LogP contribution is -2.07. The van der Waals surface area contributed by atoms with Gasteiger partial charge in [0.05, 0.1) is 18.7 Å². The van der Waals surface area contributed by atoms with E-state index >= 15 is 0 Å². The Hall–Kier alpha value is -1.72. The molecule has 0 aliphatic carbocycles. The second-order valence-electron chi connectivity index (χ2n) is 3.75. The molecule has 6 heteroatoms. The third-order valence-electron chi connectivity index (χ3n) is 2.35. The summed E-state index contributed by atoms with van der Waals surface area (Å²) in [7, 11) is 1.49. The van der Waals surface area contributed by atoms with E-state index in [9.17, 15) is 4.79 Å². The third kappa shape index (κ3) is 5.11. The maximum Gasteiger partial charge on any atom is 0.328 e. The van der Waals surface area contributed by atoms with E-state index in [0.717, 1.165) is 6.08 Å². The molecule has 0 aliphatic heterocycles. The highest BCUT2D eigenvalue weighted by atomic mass is 35.5. The SMILES string of the molecule is CCOCCOc1c(Cl)cc(/C=C/C(=O)O)cc1OC. The van der Waals surface area contributed by atoms with E-state index in [-0.39, 0.29) is 0 Å². The largest absolute Gasteiger partial charge is 0.493 e. The Morgan fingerprint density at radius 1 is 1.40 bits per heavy atom. The van der Waals surface area contributed by atoms with E-state index in [4.69, 9.17) is 30.9 Å². The van der Waals surface area contributed by atoms with Gasteiger partial charge in [-0.2, -0.15) is 0 Å². The van der Waals surface area contributed by atoms with Gasteiger partial charge in [-0.1, -0.05) is 11.6 Å². The van der Waals surface area contributed by atoms with Gasteiger partial charge in [0.1, 0.15) is 6.61 Å². The summed E-state index contributed by atoms with van der Waals surface area (Å²) in [5, 5.41) is 8.95. The topological polar surface area (TPSA) is 65.0 Å². The summed E-state index contributed by atoms with van der Waals surface area (Å²) in [5.74, 6) is -0.169. The van der Waals surface area contributed by atoms with Crippen LogP contribution >= 0.6 is 11.6 Å². The average molecular weight is 301 g/mol. The van der Waals surface area contributed by atoms with E-state index in [0.29, 0.717) is 41.9 Å². The van der Waals surface area contributed by atoms with E-state index in [2.05, 4.69) is 0 Å². The summed E-state index contributed by atoms with van der Waals surface area (Å²) in [6, 6.07) is 3.26. The fourth-order valence-corrected chi connectivity index (χ4v) is 1.76. The predicted octanol–water partition coefficient (Wildman–Crippen LogP) is 2.86. The predicted molar refractivity (Wildman–Crippen MR) is 76.7 cm³/mol. The molecule has 0 saturated carbocycles. The third-order valence-corrected chi connectivity index (χ3v) is 2.63. The summed E-state index contributed by atoms with van der Waals surface area (Å²) < 4.78 is 15.9. The highest BCUT2D eigenvalue weighted by Gasteiger charge is 2.11. The molecule has 0 heterocycles. The Morgan fingerprint density at radius 3 is 2.75 bits per heavy atom. The Balaban J connectivity index is 2.87. The maximum atomic E-state index is 10.5. The Bertz CT molecular complexity index is 485. The molecule has 0 bridgehead atoms. The van der Waals surface area contributed by atoms with Gasteiger partial charge in [-0.3, -0.25) is 0 Å². The van der Waals surface area contributed by atoms with Crippen LogP contribution < -0.4 is 9.47 Å². The summed E-state index contributed by atoms with van der Waals surface area (Å²) in [4.78, 5) is 10.5. The lowest BCUT2D eigenvalue weighted by Gasteiger charge is -2.13. The number of aliphatic carboxylic acids is 1. The van der Waals surface area contributed by atoms with Gasteiger partial charge in [0.25, 0.3) is 0 Å². The molecular formula is C14H17ClO5. The molecule has 0 fully saturated rings. The molecular weight excluding hydrogens is 284 g/mol. The fourth-order valence-electron chi connectivity index (χ4n) is 1.49. The summed E-state index contributed by atoms with van der Waals surface area (Å²) in [6.45, 7) is 3.33. The molecule has 5 nitrogen and oxygen atoms in total. The second kappa shape index (κ2) is 8.45. The molecule has 1 rings (SSSR count). The van der Waals surface area contributed by atoms with Crippen molar-refractivity contribution in [3.63, 3.8) is 0 Å². The number of methoxy groups -OCH3 is 1. The van der Waals surface area contributed by atoms with Gasteiger partial charge in [0.2, 0.25) is 0 Å². The first-order valence-corrected chi connectivity index (χ1v) is 6.45. The Labute approximate surface area is 122 Å². The van der Waals surface area contributed by atoms with Gasteiger partial charge < -0.3 is 19.3 Å². The number of benzene rings is 1. The molecule has 0 aromatic heterocycles. The van der Waals surface area contributed by atoms with Gasteiger partial charge in [-0.05, 0) is 30.7 Å². The van der Waals surface area contributed by atoms with Gasteiger partial charge in [0, 0.05) is 12.7 Å². The molecule has 0 unspecified atom stereocenters. The number of carboxylic acids is 1. The normalized spacial score (nSPS) is 10.8. The molecule has 0 saturated heterocycles. The van der Waals surface area contributed by atoms with E-state index in [1.54, 1.807) is 12.1 Å². The van der Waals surface area contributed by atoms with Gasteiger partial charge in [-0.15, -0.1) is 0 Å². The summed E-state index contributed by atoms with van der Waals surface area (Å²) in [5.41, 5.74) is 0.617. The average Bonchev–Trinajstić information content (AvgIpc) is 2.42. The zero-order valence-corrected chi connectivity index (χ0v) is 12.1. The Morgan fingerprint density at radius 2 is 2.15 bits per heavy atom. The first-order chi connectivity index (χ1) is 9.58. The lowest BCUT2D eigenvalue weighted by atomic mass is 10.2. The van der Waals surface area contributed by atoms with Crippen LogP contribution in [0.2, 0.25) is 5.02 Å². The van der Waals surface area contributed by atoms with Gasteiger partial charge in [-0.25, -0.2) is 4.79 Å². The molecule has 1 aromatic carbocycles. The summed E-state index contributed by atoms with van der Waals surface area (Å²) >= 11 is 6.11. The van der Waals surface area contributed by atoms with Crippen LogP contribution in [0.3, 0.4) is 0 Å². The molecule has 0 radical (unpaired) electrons. The first-order valence-electron chi connectivity index (χ1n) is 6.07. The fraction of sp³-hybridized carbons (Fsp3) is 0.357. The van der Waals surface area contributed by atoms with Crippen LogP contribution in [-0.2, 0) is 9.53 Å². The number of halogens is 1. The lowest BCUT2D eigenvalue weighted by molar-refractivity contribution is -0.131. The standard InChI is InChI=1S/C14H17ClO5/c1-3-19-6-7-20-14-11(15)8-10(4-5-13(16)17)9-12(14)18-2/h4-5,8-9H,3,6-7H2,1-2H3,(H,16,17)/b5-4+. The number of rotatable bonds is 8. The van der Waals surface area contributed by atoms with Crippen molar-refractivity contribution >= 4 is 23.6 Å². The van der Waals surface area contributed by atoms with Crippen molar-refractivity contribution in [3.8, 4) is 11.5 Å². The number of hydrogen-bond acceptors (Lipinski definition) is 4. The highest BCUT2D eigenvalue weighted by molar-refractivity contribution is 6.32. The minimum Gasteiger partial charge on any atom is -0.493 e. The van der Waals surface area contributed by atoms with Crippen LogP contribution in [0.4, 0.5) is 0 Å². The van der Waals surface area contributed by atoms with Crippen molar-refractivity contribution < 1.29 is 24.1 Å². The van der Waals surface area contributed by atoms with Gasteiger partial charge in [0.15, 0.2) is 11.5 Å². The van der Waals surface area contributed by atoms with Crippen LogP contribution in [0, 0.1) is 0 Å². The van der Waals surface area contributed by atoms with E-state index in [1.807, 2.05) is 6.92 Å². The zero-order valence-electron chi connectivity index (χ0n) is 11.4. The molecule has 0 atom stereocenters. The quantitative estimate of drug-likeness (QED) is 0.591. The molecule has 0 spiro atoms. The molecule has 1 N–H and O–H groups in total. The number of carboxylic acid groups (broad SMARTS) is 1. The first kappa shape index (κ1) is 16.3.